The summed E-state index contributed by atoms with van der Waals surface area (Å²) in [4.78, 5) is 15.3. The molecule has 2 aromatic carbocycles. The number of rotatable bonds is 9. The Hall–Kier alpha value is -2.60. The summed E-state index contributed by atoms with van der Waals surface area (Å²) in [5, 5.41) is 9.55. The van der Waals surface area contributed by atoms with Crippen molar-refractivity contribution < 1.29 is 4.79 Å². The van der Waals surface area contributed by atoms with Crippen molar-refractivity contribution in [2.75, 3.05) is 13.1 Å². The van der Waals surface area contributed by atoms with E-state index in [0.29, 0.717) is 19.0 Å². The maximum absolute atomic E-state index is 13.4. The molecule has 1 aliphatic carbocycles. The van der Waals surface area contributed by atoms with E-state index in [1.165, 1.54) is 17.3 Å². The van der Waals surface area contributed by atoms with Gasteiger partial charge < -0.3 is 9.47 Å². The van der Waals surface area contributed by atoms with Crippen molar-refractivity contribution in [3.05, 3.63) is 77.6 Å². The van der Waals surface area contributed by atoms with Gasteiger partial charge in [0.15, 0.2) is 5.16 Å². The van der Waals surface area contributed by atoms with Crippen molar-refractivity contribution in [3.8, 4) is 0 Å². The van der Waals surface area contributed by atoms with E-state index in [9.17, 15) is 4.79 Å². The van der Waals surface area contributed by atoms with E-state index in [1.807, 2.05) is 55.1 Å². The Morgan fingerprint density at radius 1 is 1.03 bits per heavy atom. The molecular weight excluding hydrogens is 392 g/mol. The lowest BCUT2D eigenvalue weighted by atomic mass is 10.1. The summed E-state index contributed by atoms with van der Waals surface area (Å²) in [6.07, 6.45) is 2.33. The second-order valence-corrected chi connectivity index (χ2v) is 8.68. The third kappa shape index (κ3) is 4.59. The van der Waals surface area contributed by atoms with Crippen molar-refractivity contribution in [2.24, 2.45) is 0 Å². The zero-order valence-electron chi connectivity index (χ0n) is 17.6. The van der Waals surface area contributed by atoms with Crippen LogP contribution in [0.1, 0.15) is 54.8 Å². The molecule has 6 heteroatoms. The molecule has 5 nitrogen and oxygen atoms in total. The van der Waals surface area contributed by atoms with Crippen LogP contribution in [0.3, 0.4) is 0 Å². The van der Waals surface area contributed by atoms with Crippen LogP contribution in [0.2, 0.25) is 0 Å². The van der Waals surface area contributed by atoms with Gasteiger partial charge in [-0.1, -0.05) is 72.4 Å². The summed E-state index contributed by atoms with van der Waals surface area (Å²) < 4.78 is 2.21. The molecule has 1 saturated carbocycles. The number of aromatic nitrogens is 3. The first-order chi connectivity index (χ1) is 14.7. The molecule has 0 radical (unpaired) electrons. The average molecular weight is 421 g/mol. The molecule has 0 aliphatic heterocycles. The van der Waals surface area contributed by atoms with Crippen LogP contribution in [0, 0.1) is 0 Å². The predicted octanol–water partition coefficient (Wildman–Crippen LogP) is 4.91. The molecule has 0 bridgehead atoms. The topological polar surface area (TPSA) is 51.0 Å². The zero-order valence-corrected chi connectivity index (χ0v) is 18.4. The molecule has 0 saturated heterocycles. The smallest absolute Gasteiger partial charge is 0.240 e. The molecule has 0 unspecified atom stereocenters. The number of carbonyl (C=O) groups is 1. The molecule has 1 fully saturated rings. The molecule has 30 heavy (non-hydrogen) atoms. The molecule has 0 N–H and O–H groups in total. The Morgan fingerprint density at radius 2 is 1.67 bits per heavy atom. The van der Waals surface area contributed by atoms with Crippen molar-refractivity contribution in [1.29, 1.82) is 0 Å². The minimum atomic E-state index is -0.336. The second-order valence-electron chi connectivity index (χ2n) is 7.61. The Kier molecular flexibility index (Phi) is 6.53. The molecule has 3 aromatic rings. The lowest BCUT2D eigenvalue weighted by molar-refractivity contribution is -0.130. The number of likely N-dealkylation sites (N-methyl/N-ethyl adjacent to an activating group) is 1. The number of hydrogen-bond donors (Lipinski definition) is 0. The first kappa shape index (κ1) is 20.7. The summed E-state index contributed by atoms with van der Waals surface area (Å²) in [6, 6.07) is 20.4. The van der Waals surface area contributed by atoms with Crippen LogP contribution in [0.4, 0.5) is 0 Å². The van der Waals surface area contributed by atoms with Crippen LogP contribution in [0.15, 0.2) is 65.8 Å². The molecule has 4 rings (SSSR count). The molecule has 1 atom stereocenters. The highest BCUT2D eigenvalue weighted by Gasteiger charge is 2.33. The molecule has 1 aromatic heterocycles. The third-order valence-electron chi connectivity index (χ3n) is 5.50. The highest BCUT2D eigenvalue weighted by molar-refractivity contribution is 8.00. The molecule has 156 valence electrons. The van der Waals surface area contributed by atoms with Gasteiger partial charge in [-0.15, -0.1) is 10.2 Å². The second kappa shape index (κ2) is 9.47. The molecule has 1 aliphatic rings. The normalized spacial score (nSPS) is 14.5. The fourth-order valence-electron chi connectivity index (χ4n) is 3.64. The fourth-order valence-corrected chi connectivity index (χ4v) is 4.77. The minimum absolute atomic E-state index is 0.124. The minimum Gasteiger partial charge on any atom is -0.342 e. The number of amides is 1. The Balaban J connectivity index is 1.68. The highest BCUT2D eigenvalue weighted by Crippen LogP contribution is 2.42. The van der Waals surface area contributed by atoms with Crippen molar-refractivity contribution in [3.63, 3.8) is 0 Å². The SMILES string of the molecule is CCN(CC)C(=O)[C@@H](Sc1nnc(C2CC2)n1Cc1ccccc1)c1ccccc1. The van der Waals surface area contributed by atoms with E-state index in [1.54, 1.807) is 0 Å². The van der Waals surface area contributed by atoms with Gasteiger partial charge in [0, 0.05) is 19.0 Å². The maximum atomic E-state index is 13.4. The quantitative estimate of drug-likeness (QED) is 0.462. The van der Waals surface area contributed by atoms with Gasteiger partial charge in [-0.2, -0.15) is 0 Å². The van der Waals surface area contributed by atoms with E-state index in [4.69, 9.17) is 0 Å². The maximum Gasteiger partial charge on any atom is 0.240 e. The summed E-state index contributed by atoms with van der Waals surface area (Å²) in [7, 11) is 0. The lowest BCUT2D eigenvalue weighted by Crippen LogP contribution is -2.34. The first-order valence-corrected chi connectivity index (χ1v) is 11.6. The summed E-state index contributed by atoms with van der Waals surface area (Å²) in [6.45, 7) is 6.17. The summed E-state index contributed by atoms with van der Waals surface area (Å²) >= 11 is 1.52. The van der Waals surface area contributed by atoms with Crippen LogP contribution in [0.5, 0.6) is 0 Å². The Bertz CT molecular complexity index is 965. The van der Waals surface area contributed by atoms with Gasteiger partial charge in [0.05, 0.1) is 6.54 Å². The number of nitrogens with zero attached hydrogens (tertiary/aromatic N) is 4. The average Bonchev–Trinajstić information content (AvgIpc) is 3.56. The van der Waals surface area contributed by atoms with Crippen LogP contribution >= 0.6 is 11.8 Å². The van der Waals surface area contributed by atoms with Gasteiger partial charge in [0.25, 0.3) is 0 Å². The largest absolute Gasteiger partial charge is 0.342 e. The van der Waals surface area contributed by atoms with Gasteiger partial charge in [0.2, 0.25) is 5.91 Å². The molecule has 1 heterocycles. The first-order valence-electron chi connectivity index (χ1n) is 10.7. The van der Waals surface area contributed by atoms with E-state index < -0.39 is 0 Å². The Labute approximate surface area is 182 Å². The van der Waals surface area contributed by atoms with Gasteiger partial charge in [0.1, 0.15) is 11.1 Å². The van der Waals surface area contributed by atoms with Gasteiger partial charge in [-0.25, -0.2) is 0 Å². The number of hydrogen-bond acceptors (Lipinski definition) is 4. The number of benzene rings is 2. The van der Waals surface area contributed by atoms with Gasteiger partial charge >= 0.3 is 0 Å². The highest BCUT2D eigenvalue weighted by atomic mass is 32.2. The molecule has 0 spiro atoms. The standard InChI is InChI=1S/C24H28N4OS/c1-3-27(4-2)23(29)21(19-13-9-6-10-14-19)30-24-26-25-22(20-15-16-20)28(24)17-18-11-7-5-8-12-18/h5-14,20-21H,3-4,15-17H2,1-2H3/t21-/m0/s1. The summed E-state index contributed by atoms with van der Waals surface area (Å²) in [5.41, 5.74) is 2.22. The molecular formula is C24H28N4OS. The van der Waals surface area contributed by atoms with E-state index >= 15 is 0 Å². The summed E-state index contributed by atoms with van der Waals surface area (Å²) in [5.74, 6) is 1.66. The van der Waals surface area contributed by atoms with E-state index in [-0.39, 0.29) is 11.2 Å². The third-order valence-corrected chi connectivity index (χ3v) is 6.72. The van der Waals surface area contributed by atoms with E-state index in [2.05, 4.69) is 39.0 Å². The van der Waals surface area contributed by atoms with Crippen LogP contribution < -0.4 is 0 Å². The van der Waals surface area contributed by atoms with Gasteiger partial charge in [-0.3, -0.25) is 4.79 Å². The predicted molar refractivity (Wildman–Crippen MR) is 121 cm³/mol. The van der Waals surface area contributed by atoms with Crippen molar-refractivity contribution in [1.82, 2.24) is 19.7 Å². The Morgan fingerprint density at radius 3 is 2.27 bits per heavy atom. The van der Waals surface area contributed by atoms with Crippen LogP contribution in [0.25, 0.3) is 0 Å². The van der Waals surface area contributed by atoms with Crippen LogP contribution in [-0.2, 0) is 11.3 Å². The number of thioether (sulfide) groups is 1. The van der Waals surface area contributed by atoms with Crippen molar-refractivity contribution in [2.45, 2.75) is 49.6 Å². The van der Waals surface area contributed by atoms with Crippen LogP contribution in [-0.4, -0.2) is 38.7 Å². The van der Waals surface area contributed by atoms with Crippen molar-refractivity contribution >= 4 is 17.7 Å². The van der Waals surface area contributed by atoms with Gasteiger partial charge in [-0.05, 0) is 37.8 Å². The molecule has 1 amide bonds. The zero-order chi connectivity index (χ0) is 20.9. The number of carbonyl (C=O) groups excluding carboxylic acids is 1. The lowest BCUT2D eigenvalue weighted by Gasteiger charge is -2.25. The monoisotopic (exact) mass is 420 g/mol. The van der Waals surface area contributed by atoms with E-state index in [0.717, 1.165) is 35.9 Å². The fraction of sp³-hybridized carbons (Fsp3) is 0.375.